The van der Waals surface area contributed by atoms with Crippen LogP contribution < -0.4 is 5.19 Å². The minimum atomic E-state index is -0.314. The standard InChI is InChI=1S/C20H30Si/c1-6-7-8-9-19-16(4)13-20(17(19)5)21-18-11-14(2)10-15(3)12-18/h10-13,19H,6-9,21H2,1-5H3. The summed E-state index contributed by atoms with van der Waals surface area (Å²) in [5.41, 5.74) is 6.10. The molecule has 1 aliphatic rings. The van der Waals surface area contributed by atoms with E-state index in [0.29, 0.717) is 0 Å². The fourth-order valence-corrected chi connectivity index (χ4v) is 5.92. The van der Waals surface area contributed by atoms with Gasteiger partial charge in [-0.1, -0.05) is 83.1 Å². The van der Waals surface area contributed by atoms with Gasteiger partial charge in [0, 0.05) is 5.92 Å². The average Bonchev–Trinajstić information content (AvgIpc) is 2.65. The van der Waals surface area contributed by atoms with Crippen molar-refractivity contribution >= 4 is 14.7 Å². The molecule has 1 atom stereocenters. The second kappa shape index (κ2) is 7.26. The lowest BCUT2D eigenvalue weighted by Crippen LogP contribution is -2.17. The monoisotopic (exact) mass is 298 g/mol. The predicted octanol–water partition coefficient (Wildman–Crippen LogP) is 4.53. The summed E-state index contributed by atoms with van der Waals surface area (Å²) >= 11 is 0. The molecule has 0 saturated heterocycles. The second-order valence-corrected chi connectivity index (χ2v) is 8.75. The number of benzene rings is 1. The Balaban J connectivity index is 2.12. The molecule has 114 valence electrons. The van der Waals surface area contributed by atoms with Gasteiger partial charge in [0.15, 0.2) is 0 Å². The Morgan fingerprint density at radius 1 is 0.952 bits per heavy atom. The van der Waals surface area contributed by atoms with Crippen LogP contribution in [-0.4, -0.2) is 9.52 Å². The lowest BCUT2D eigenvalue weighted by Gasteiger charge is -2.15. The Kier molecular flexibility index (Phi) is 5.63. The van der Waals surface area contributed by atoms with Crippen molar-refractivity contribution in [2.24, 2.45) is 5.92 Å². The van der Waals surface area contributed by atoms with Crippen molar-refractivity contribution in [1.29, 1.82) is 0 Å². The van der Waals surface area contributed by atoms with E-state index >= 15 is 0 Å². The van der Waals surface area contributed by atoms with Crippen LogP contribution in [0.4, 0.5) is 0 Å². The van der Waals surface area contributed by atoms with Crippen LogP contribution in [0.5, 0.6) is 0 Å². The first-order valence-electron chi connectivity index (χ1n) is 8.46. The first kappa shape index (κ1) is 16.3. The molecular weight excluding hydrogens is 268 g/mol. The summed E-state index contributed by atoms with van der Waals surface area (Å²) in [4.78, 5) is 0. The molecule has 0 bridgehead atoms. The molecule has 0 saturated carbocycles. The van der Waals surface area contributed by atoms with E-state index in [1.165, 1.54) is 36.8 Å². The third-order valence-corrected chi connectivity index (χ3v) is 6.71. The summed E-state index contributed by atoms with van der Waals surface area (Å²) in [6, 6.07) is 7.07. The van der Waals surface area contributed by atoms with Crippen molar-refractivity contribution in [2.45, 2.75) is 60.3 Å². The van der Waals surface area contributed by atoms with Crippen LogP contribution in [0.3, 0.4) is 0 Å². The van der Waals surface area contributed by atoms with Gasteiger partial charge in [0.2, 0.25) is 0 Å². The quantitative estimate of drug-likeness (QED) is 0.535. The summed E-state index contributed by atoms with van der Waals surface area (Å²) in [5, 5.41) is 3.29. The number of aryl methyl sites for hydroxylation is 2. The molecule has 0 amide bonds. The zero-order chi connectivity index (χ0) is 15.4. The highest BCUT2D eigenvalue weighted by molar-refractivity contribution is 6.62. The van der Waals surface area contributed by atoms with E-state index in [1.54, 1.807) is 21.5 Å². The van der Waals surface area contributed by atoms with Crippen LogP contribution >= 0.6 is 0 Å². The largest absolute Gasteiger partial charge is 0.0874 e. The third-order valence-electron chi connectivity index (χ3n) is 4.75. The maximum Gasteiger partial charge on any atom is 0.0874 e. The summed E-state index contributed by atoms with van der Waals surface area (Å²) < 4.78 is 0. The fourth-order valence-electron chi connectivity index (χ4n) is 3.68. The smallest absolute Gasteiger partial charge is 0.0672 e. The second-order valence-electron chi connectivity index (χ2n) is 6.82. The van der Waals surface area contributed by atoms with Crippen LogP contribution in [0, 0.1) is 19.8 Å². The molecule has 0 aliphatic heterocycles. The molecule has 0 N–H and O–H groups in total. The van der Waals surface area contributed by atoms with E-state index < -0.39 is 0 Å². The maximum atomic E-state index is 2.51. The number of unbranched alkanes of at least 4 members (excludes halogenated alkanes) is 2. The van der Waals surface area contributed by atoms with Crippen LogP contribution in [0.25, 0.3) is 0 Å². The van der Waals surface area contributed by atoms with Crippen molar-refractivity contribution < 1.29 is 0 Å². The number of rotatable bonds is 6. The van der Waals surface area contributed by atoms with E-state index in [0.717, 1.165) is 5.92 Å². The predicted molar refractivity (Wildman–Crippen MR) is 98.2 cm³/mol. The van der Waals surface area contributed by atoms with E-state index in [4.69, 9.17) is 0 Å². The Labute approximate surface area is 133 Å². The molecule has 0 spiro atoms. The van der Waals surface area contributed by atoms with Gasteiger partial charge < -0.3 is 0 Å². The third kappa shape index (κ3) is 4.20. The molecule has 0 heterocycles. The first-order valence-corrected chi connectivity index (χ1v) is 9.87. The van der Waals surface area contributed by atoms with Crippen LogP contribution in [0.2, 0.25) is 0 Å². The van der Waals surface area contributed by atoms with E-state index in [-0.39, 0.29) is 9.52 Å². The highest BCUT2D eigenvalue weighted by Gasteiger charge is 2.21. The van der Waals surface area contributed by atoms with Crippen molar-refractivity contribution in [2.75, 3.05) is 0 Å². The maximum absolute atomic E-state index is 2.51. The summed E-state index contributed by atoms with van der Waals surface area (Å²) in [6.07, 6.45) is 7.94. The van der Waals surface area contributed by atoms with Crippen molar-refractivity contribution in [3.63, 3.8) is 0 Å². The van der Waals surface area contributed by atoms with Gasteiger partial charge in [0.25, 0.3) is 0 Å². The first-order chi connectivity index (χ1) is 10.0. The van der Waals surface area contributed by atoms with Gasteiger partial charge >= 0.3 is 0 Å². The molecule has 1 heteroatoms. The number of hydrogen-bond donors (Lipinski definition) is 0. The lowest BCUT2D eigenvalue weighted by molar-refractivity contribution is 0.578. The van der Waals surface area contributed by atoms with Crippen LogP contribution in [0.15, 0.2) is 40.6 Å². The highest BCUT2D eigenvalue weighted by Crippen LogP contribution is 2.34. The van der Waals surface area contributed by atoms with Gasteiger partial charge in [0.05, 0.1) is 9.52 Å². The van der Waals surface area contributed by atoms with Crippen molar-refractivity contribution in [3.8, 4) is 0 Å². The van der Waals surface area contributed by atoms with Gasteiger partial charge in [-0.25, -0.2) is 0 Å². The molecule has 1 aromatic carbocycles. The van der Waals surface area contributed by atoms with E-state index in [1.807, 2.05) is 0 Å². The summed E-state index contributed by atoms with van der Waals surface area (Å²) in [6.45, 7) is 11.4. The summed E-state index contributed by atoms with van der Waals surface area (Å²) in [7, 11) is -0.314. The van der Waals surface area contributed by atoms with Crippen molar-refractivity contribution in [3.05, 3.63) is 51.7 Å². The highest BCUT2D eigenvalue weighted by atomic mass is 28.2. The van der Waals surface area contributed by atoms with Gasteiger partial charge in [-0.2, -0.15) is 0 Å². The van der Waals surface area contributed by atoms with E-state index in [9.17, 15) is 0 Å². The normalized spacial score (nSPS) is 18.9. The van der Waals surface area contributed by atoms with Gasteiger partial charge in [-0.3, -0.25) is 0 Å². The Bertz CT molecular complexity index is 543. The minimum absolute atomic E-state index is 0.314. The van der Waals surface area contributed by atoms with Gasteiger partial charge in [-0.05, 0) is 34.1 Å². The molecule has 0 nitrogen and oxygen atoms in total. The molecule has 1 unspecified atom stereocenters. The summed E-state index contributed by atoms with van der Waals surface area (Å²) in [5.74, 6) is 0.741. The lowest BCUT2D eigenvalue weighted by atomic mass is 9.92. The average molecular weight is 299 g/mol. The van der Waals surface area contributed by atoms with Gasteiger partial charge in [0.1, 0.15) is 0 Å². The number of hydrogen-bond acceptors (Lipinski definition) is 0. The fraction of sp³-hybridized carbons (Fsp3) is 0.500. The Hall–Kier alpha value is -1.08. The minimum Gasteiger partial charge on any atom is -0.0672 e. The molecule has 2 rings (SSSR count). The van der Waals surface area contributed by atoms with Crippen LogP contribution in [-0.2, 0) is 0 Å². The molecule has 1 aliphatic carbocycles. The van der Waals surface area contributed by atoms with E-state index in [2.05, 4.69) is 58.9 Å². The Morgan fingerprint density at radius 3 is 2.24 bits per heavy atom. The molecule has 0 fully saturated rings. The van der Waals surface area contributed by atoms with Gasteiger partial charge in [-0.15, -0.1) is 0 Å². The molecule has 21 heavy (non-hydrogen) atoms. The topological polar surface area (TPSA) is 0 Å². The zero-order valence-electron chi connectivity index (χ0n) is 14.4. The number of allylic oxidation sites excluding steroid dienone is 4. The molecule has 0 aromatic heterocycles. The van der Waals surface area contributed by atoms with Crippen molar-refractivity contribution in [1.82, 2.24) is 0 Å². The SMILES string of the molecule is CCCCCC1C(C)=CC([SiH2]c2cc(C)cc(C)c2)=C1C. The Morgan fingerprint density at radius 2 is 1.62 bits per heavy atom. The molecular formula is C20H30Si. The molecule has 1 aromatic rings. The molecule has 0 radical (unpaired) electrons. The zero-order valence-corrected chi connectivity index (χ0v) is 15.8. The van der Waals surface area contributed by atoms with Crippen LogP contribution in [0.1, 0.15) is 57.6 Å².